The normalized spacial score (nSPS) is 14.4. The summed E-state index contributed by atoms with van der Waals surface area (Å²) in [6.45, 7) is 6.94. The quantitative estimate of drug-likeness (QED) is 0.725. The molecule has 0 bridgehead atoms. The summed E-state index contributed by atoms with van der Waals surface area (Å²) in [6, 6.07) is 1.60. The molecule has 1 rings (SSSR count). The van der Waals surface area contributed by atoms with E-state index in [1.54, 1.807) is 33.9 Å². The van der Waals surface area contributed by atoms with Crippen LogP contribution in [-0.2, 0) is 10.4 Å². The predicted molar refractivity (Wildman–Crippen MR) is 88.9 cm³/mol. The molecule has 0 fully saturated rings. The van der Waals surface area contributed by atoms with Crippen molar-refractivity contribution in [2.24, 2.45) is 0 Å². The number of carbonyl (C=O) groups is 1. The van der Waals surface area contributed by atoms with E-state index in [0.29, 0.717) is 4.47 Å². The van der Waals surface area contributed by atoms with E-state index in [1.165, 1.54) is 18.0 Å². The van der Waals surface area contributed by atoms with Gasteiger partial charge in [-0.15, -0.1) is 0 Å². The minimum absolute atomic E-state index is 0.0666. The maximum absolute atomic E-state index is 14.8. The van der Waals surface area contributed by atoms with Gasteiger partial charge in [0.15, 0.2) is 5.67 Å². The van der Waals surface area contributed by atoms with Crippen LogP contribution in [0, 0.1) is 0 Å². The molecule has 22 heavy (non-hydrogen) atoms. The summed E-state index contributed by atoms with van der Waals surface area (Å²) in [5, 5.41) is 0.249. The summed E-state index contributed by atoms with van der Waals surface area (Å²) in [4.78, 5) is 17.2. The van der Waals surface area contributed by atoms with Gasteiger partial charge in [0.25, 0.3) is 0 Å². The number of ether oxygens (including phenoxy) is 1. The largest absolute Gasteiger partial charge is 0.444 e. The zero-order valence-electron chi connectivity index (χ0n) is 13.4. The van der Waals surface area contributed by atoms with E-state index in [1.807, 2.05) is 0 Å². The molecule has 1 aromatic heterocycles. The van der Waals surface area contributed by atoms with Crippen LogP contribution in [0.4, 0.5) is 9.18 Å². The molecule has 124 valence electrons. The molecule has 0 N–H and O–H groups in total. The molecular weight excluding hydrogens is 375 g/mol. The number of aromatic nitrogens is 1. The van der Waals surface area contributed by atoms with Gasteiger partial charge in [0.05, 0.1) is 10.7 Å². The second kappa shape index (κ2) is 7.13. The maximum Gasteiger partial charge on any atom is 0.410 e. The highest BCUT2D eigenvalue weighted by Crippen LogP contribution is 2.34. The topological polar surface area (TPSA) is 42.4 Å². The molecule has 1 atom stereocenters. The van der Waals surface area contributed by atoms with Crippen molar-refractivity contribution >= 4 is 33.6 Å². The van der Waals surface area contributed by atoms with Crippen molar-refractivity contribution in [1.29, 1.82) is 0 Å². The summed E-state index contributed by atoms with van der Waals surface area (Å²) in [5.41, 5.74) is -2.16. The zero-order chi connectivity index (χ0) is 17.1. The predicted octanol–water partition coefficient (Wildman–Crippen LogP) is 4.94. The van der Waals surface area contributed by atoms with Crippen molar-refractivity contribution in [2.75, 3.05) is 13.6 Å². The lowest BCUT2D eigenvalue weighted by atomic mass is 9.99. The Morgan fingerprint density at radius 2 is 2.05 bits per heavy atom. The molecule has 0 radical (unpaired) electrons. The van der Waals surface area contributed by atoms with Gasteiger partial charge in [0, 0.05) is 30.7 Å². The Labute approximate surface area is 144 Å². The smallest absolute Gasteiger partial charge is 0.410 e. The molecule has 0 aliphatic rings. The Balaban J connectivity index is 2.71. The molecule has 1 heterocycles. The van der Waals surface area contributed by atoms with Crippen LogP contribution in [-0.4, -0.2) is 35.2 Å². The number of hydrogen-bond acceptors (Lipinski definition) is 3. The molecule has 0 spiro atoms. The Morgan fingerprint density at radius 1 is 1.45 bits per heavy atom. The van der Waals surface area contributed by atoms with E-state index < -0.39 is 17.4 Å². The second-order valence-corrected chi connectivity index (χ2v) is 7.66. The summed E-state index contributed by atoms with van der Waals surface area (Å²) in [7, 11) is 1.57. The van der Waals surface area contributed by atoms with Gasteiger partial charge in [-0.1, -0.05) is 11.6 Å². The Kier molecular flexibility index (Phi) is 6.21. The fourth-order valence-corrected chi connectivity index (χ4v) is 2.55. The van der Waals surface area contributed by atoms with Crippen molar-refractivity contribution in [3.05, 3.63) is 27.5 Å². The molecule has 0 aliphatic heterocycles. The Hall–Kier alpha value is -0.880. The summed E-state index contributed by atoms with van der Waals surface area (Å²) in [5.74, 6) is 0. The lowest BCUT2D eigenvalue weighted by molar-refractivity contribution is 0.0265. The number of nitrogens with zero attached hydrogens (tertiary/aromatic N) is 2. The molecule has 1 amide bonds. The summed E-state index contributed by atoms with van der Waals surface area (Å²) in [6.07, 6.45) is 1.08. The van der Waals surface area contributed by atoms with Crippen LogP contribution in [0.2, 0.25) is 5.02 Å². The van der Waals surface area contributed by atoms with Crippen molar-refractivity contribution in [2.45, 2.75) is 45.4 Å². The van der Waals surface area contributed by atoms with Crippen molar-refractivity contribution in [3.63, 3.8) is 0 Å². The van der Waals surface area contributed by atoms with Crippen LogP contribution in [0.1, 0.15) is 39.8 Å². The summed E-state index contributed by atoms with van der Waals surface area (Å²) >= 11 is 9.27. The third-order valence-corrected chi connectivity index (χ3v) is 3.65. The van der Waals surface area contributed by atoms with E-state index in [9.17, 15) is 9.18 Å². The first-order valence-electron chi connectivity index (χ1n) is 6.87. The molecule has 1 aromatic rings. The first-order valence-corrected chi connectivity index (χ1v) is 8.04. The zero-order valence-corrected chi connectivity index (χ0v) is 15.8. The number of amides is 1. The van der Waals surface area contributed by atoms with Gasteiger partial charge in [-0.05, 0) is 49.7 Å². The second-order valence-electron chi connectivity index (χ2n) is 6.33. The molecule has 4 nitrogen and oxygen atoms in total. The lowest BCUT2D eigenvalue weighted by Crippen LogP contribution is -2.36. The van der Waals surface area contributed by atoms with Gasteiger partial charge in [0.1, 0.15) is 5.60 Å². The van der Waals surface area contributed by atoms with E-state index in [2.05, 4.69) is 20.9 Å². The van der Waals surface area contributed by atoms with E-state index in [0.717, 1.165) is 0 Å². The fourth-order valence-electron chi connectivity index (χ4n) is 1.73. The van der Waals surface area contributed by atoms with E-state index in [-0.39, 0.29) is 23.7 Å². The molecule has 0 saturated carbocycles. The van der Waals surface area contributed by atoms with Crippen molar-refractivity contribution in [3.8, 4) is 0 Å². The first-order chi connectivity index (χ1) is 9.92. The van der Waals surface area contributed by atoms with Gasteiger partial charge in [0.2, 0.25) is 0 Å². The average Bonchev–Trinajstić information content (AvgIpc) is 2.33. The van der Waals surface area contributed by atoms with Gasteiger partial charge in [-0.2, -0.15) is 0 Å². The monoisotopic (exact) mass is 394 g/mol. The number of alkyl halides is 1. The minimum atomic E-state index is -1.74. The summed E-state index contributed by atoms with van der Waals surface area (Å²) < 4.78 is 20.7. The molecule has 0 saturated heterocycles. The average molecular weight is 396 g/mol. The van der Waals surface area contributed by atoms with Gasteiger partial charge < -0.3 is 9.64 Å². The van der Waals surface area contributed by atoms with Crippen LogP contribution in [0.5, 0.6) is 0 Å². The maximum atomic E-state index is 14.8. The minimum Gasteiger partial charge on any atom is -0.444 e. The highest BCUT2D eigenvalue weighted by molar-refractivity contribution is 9.10. The highest BCUT2D eigenvalue weighted by Gasteiger charge is 2.31. The SMILES string of the molecule is CN(CCC(C)(F)c1ncc(Br)cc1Cl)C(=O)OC(C)(C)C. The third kappa shape index (κ3) is 5.72. The van der Waals surface area contributed by atoms with Crippen LogP contribution in [0.25, 0.3) is 0 Å². The molecule has 0 aromatic carbocycles. The van der Waals surface area contributed by atoms with Crippen LogP contribution >= 0.6 is 27.5 Å². The number of rotatable bonds is 4. The third-order valence-electron chi connectivity index (χ3n) is 2.92. The fraction of sp³-hybridized carbons (Fsp3) is 0.600. The molecule has 0 aliphatic carbocycles. The lowest BCUT2D eigenvalue weighted by Gasteiger charge is -2.27. The van der Waals surface area contributed by atoms with Crippen molar-refractivity contribution in [1.82, 2.24) is 9.88 Å². The number of carbonyl (C=O) groups excluding carboxylic acids is 1. The van der Waals surface area contributed by atoms with Crippen LogP contribution in [0.3, 0.4) is 0 Å². The van der Waals surface area contributed by atoms with Gasteiger partial charge in [-0.3, -0.25) is 4.98 Å². The van der Waals surface area contributed by atoms with Gasteiger partial charge >= 0.3 is 6.09 Å². The van der Waals surface area contributed by atoms with Crippen LogP contribution in [0.15, 0.2) is 16.7 Å². The van der Waals surface area contributed by atoms with Crippen LogP contribution < -0.4 is 0 Å². The Bertz CT molecular complexity index is 547. The molecule has 7 heteroatoms. The molecular formula is C15H21BrClFN2O2. The van der Waals surface area contributed by atoms with Crippen molar-refractivity contribution < 1.29 is 13.9 Å². The number of halogens is 3. The highest BCUT2D eigenvalue weighted by atomic mass is 79.9. The van der Waals surface area contributed by atoms with Gasteiger partial charge in [-0.25, -0.2) is 9.18 Å². The van der Waals surface area contributed by atoms with E-state index >= 15 is 0 Å². The standard InChI is InChI=1S/C15H21BrClFN2O2/c1-14(2,3)22-13(21)20(5)7-6-15(4,18)12-11(17)8-10(16)9-19-12/h8-9H,6-7H2,1-5H3. The Morgan fingerprint density at radius 3 is 2.55 bits per heavy atom. The number of pyridine rings is 1. The molecule has 1 unspecified atom stereocenters. The number of hydrogen-bond donors (Lipinski definition) is 0. The van der Waals surface area contributed by atoms with E-state index in [4.69, 9.17) is 16.3 Å². The first kappa shape index (κ1) is 19.2.